The Morgan fingerprint density at radius 3 is 2.33 bits per heavy atom. The first-order chi connectivity index (χ1) is 9.86. The number of hydrogen-bond donors (Lipinski definition) is 1. The van der Waals surface area contributed by atoms with E-state index in [0.29, 0.717) is 17.9 Å². The van der Waals surface area contributed by atoms with E-state index in [0.717, 1.165) is 23.3 Å². The zero-order chi connectivity index (χ0) is 15.5. The maximum Gasteiger partial charge on any atom is 0.416 e. The predicted molar refractivity (Wildman–Crippen MR) is 76.1 cm³/mol. The Labute approximate surface area is 125 Å². The molecule has 2 rings (SSSR count). The third-order valence-corrected chi connectivity index (χ3v) is 3.46. The summed E-state index contributed by atoms with van der Waals surface area (Å²) in [5.41, 5.74) is 7.02. The van der Waals surface area contributed by atoms with Crippen molar-refractivity contribution >= 4 is 11.6 Å². The highest BCUT2D eigenvalue weighted by Crippen LogP contribution is 2.29. The van der Waals surface area contributed by atoms with Crippen LogP contribution in [-0.2, 0) is 19.0 Å². The first kappa shape index (κ1) is 15.8. The van der Waals surface area contributed by atoms with Gasteiger partial charge >= 0.3 is 6.18 Å². The summed E-state index contributed by atoms with van der Waals surface area (Å²) in [6.45, 7) is 0. The zero-order valence-electron chi connectivity index (χ0n) is 11.1. The minimum atomic E-state index is -4.31. The van der Waals surface area contributed by atoms with Gasteiger partial charge in [-0.1, -0.05) is 23.7 Å². The van der Waals surface area contributed by atoms with E-state index >= 15 is 0 Å². The second-order valence-corrected chi connectivity index (χ2v) is 5.24. The number of aromatic nitrogens is 1. The first-order valence-electron chi connectivity index (χ1n) is 6.36. The van der Waals surface area contributed by atoms with E-state index < -0.39 is 11.7 Å². The molecule has 0 aliphatic carbocycles. The van der Waals surface area contributed by atoms with Gasteiger partial charge in [0.05, 0.1) is 10.6 Å². The molecule has 2 N–H and O–H groups in total. The molecular formula is C15H14ClF3N2. The van der Waals surface area contributed by atoms with Crippen LogP contribution in [0, 0.1) is 0 Å². The van der Waals surface area contributed by atoms with Crippen LogP contribution in [0.3, 0.4) is 0 Å². The Hall–Kier alpha value is -1.59. The number of rotatable bonds is 4. The molecule has 1 aromatic carbocycles. The minimum Gasteiger partial charge on any atom is -0.327 e. The lowest BCUT2D eigenvalue weighted by molar-refractivity contribution is -0.137. The van der Waals surface area contributed by atoms with Gasteiger partial charge in [0.15, 0.2) is 0 Å². The molecule has 0 amide bonds. The highest BCUT2D eigenvalue weighted by molar-refractivity contribution is 6.31. The molecule has 0 aliphatic rings. The molecule has 1 aromatic heterocycles. The van der Waals surface area contributed by atoms with Crippen molar-refractivity contribution in [1.29, 1.82) is 0 Å². The van der Waals surface area contributed by atoms with Crippen molar-refractivity contribution in [2.75, 3.05) is 0 Å². The fourth-order valence-corrected chi connectivity index (χ4v) is 2.25. The molecule has 1 atom stereocenters. The van der Waals surface area contributed by atoms with Crippen molar-refractivity contribution in [3.8, 4) is 0 Å². The minimum absolute atomic E-state index is 0.221. The average molecular weight is 315 g/mol. The Morgan fingerprint density at radius 1 is 1.10 bits per heavy atom. The second kappa shape index (κ2) is 6.45. The molecule has 0 spiro atoms. The Bertz CT molecular complexity index is 597. The number of hydrogen-bond acceptors (Lipinski definition) is 2. The molecule has 21 heavy (non-hydrogen) atoms. The molecule has 1 heterocycles. The van der Waals surface area contributed by atoms with Gasteiger partial charge in [-0.2, -0.15) is 13.2 Å². The lowest BCUT2D eigenvalue weighted by Crippen LogP contribution is -2.25. The molecule has 6 heteroatoms. The number of alkyl halides is 3. The molecule has 2 nitrogen and oxygen atoms in total. The SMILES string of the molecule is NC(Cc1ccc(C(F)(F)F)cc1)Cc1ccncc1Cl. The number of nitrogens with zero attached hydrogens (tertiary/aromatic N) is 1. The van der Waals surface area contributed by atoms with Crippen LogP contribution in [-0.4, -0.2) is 11.0 Å². The molecule has 1 unspecified atom stereocenters. The average Bonchev–Trinajstić information content (AvgIpc) is 2.41. The van der Waals surface area contributed by atoms with Crippen LogP contribution in [0.15, 0.2) is 42.7 Å². The third-order valence-electron chi connectivity index (χ3n) is 3.12. The maximum atomic E-state index is 12.5. The topological polar surface area (TPSA) is 38.9 Å². The quantitative estimate of drug-likeness (QED) is 0.930. The smallest absolute Gasteiger partial charge is 0.327 e. The summed E-state index contributed by atoms with van der Waals surface area (Å²) in [6, 6.07) is 6.62. The van der Waals surface area contributed by atoms with Crippen molar-refractivity contribution in [2.24, 2.45) is 5.73 Å². The number of nitrogens with two attached hydrogens (primary N) is 1. The van der Waals surface area contributed by atoms with Crippen molar-refractivity contribution in [3.05, 3.63) is 64.4 Å². The predicted octanol–water partition coefficient (Wildman–Crippen LogP) is 3.87. The van der Waals surface area contributed by atoms with E-state index in [2.05, 4.69) is 4.98 Å². The van der Waals surface area contributed by atoms with Crippen molar-refractivity contribution in [1.82, 2.24) is 4.98 Å². The number of benzene rings is 1. The molecular weight excluding hydrogens is 301 g/mol. The summed E-state index contributed by atoms with van der Waals surface area (Å²) >= 11 is 6.00. The van der Waals surface area contributed by atoms with Crippen LogP contribution in [0.25, 0.3) is 0 Å². The van der Waals surface area contributed by atoms with Gasteiger partial charge in [0.1, 0.15) is 0 Å². The maximum absolute atomic E-state index is 12.5. The summed E-state index contributed by atoms with van der Waals surface area (Å²) < 4.78 is 37.4. The van der Waals surface area contributed by atoms with Crippen molar-refractivity contribution in [2.45, 2.75) is 25.1 Å². The summed E-state index contributed by atoms with van der Waals surface area (Å²) in [6.07, 6.45) is -0.113. The van der Waals surface area contributed by atoms with Crippen LogP contribution < -0.4 is 5.73 Å². The summed E-state index contributed by atoms with van der Waals surface area (Å²) in [5, 5.41) is 0.542. The van der Waals surface area contributed by atoms with Gasteiger partial charge in [-0.05, 0) is 42.2 Å². The number of halogens is 4. The lowest BCUT2D eigenvalue weighted by Gasteiger charge is -2.13. The Morgan fingerprint density at radius 2 is 1.76 bits per heavy atom. The largest absolute Gasteiger partial charge is 0.416 e. The zero-order valence-corrected chi connectivity index (χ0v) is 11.8. The highest BCUT2D eigenvalue weighted by Gasteiger charge is 2.29. The van der Waals surface area contributed by atoms with Gasteiger partial charge in [0, 0.05) is 18.4 Å². The Balaban J connectivity index is 2.00. The Kier molecular flexibility index (Phi) is 4.85. The van der Waals surface area contributed by atoms with Crippen LogP contribution in [0.5, 0.6) is 0 Å². The summed E-state index contributed by atoms with van der Waals surface area (Å²) in [7, 11) is 0. The molecule has 0 saturated heterocycles. The van der Waals surface area contributed by atoms with Crippen LogP contribution in [0.2, 0.25) is 5.02 Å². The van der Waals surface area contributed by atoms with E-state index in [1.807, 2.05) is 0 Å². The number of pyridine rings is 1. The van der Waals surface area contributed by atoms with Gasteiger partial charge in [0.2, 0.25) is 0 Å². The van der Waals surface area contributed by atoms with E-state index in [1.54, 1.807) is 18.5 Å². The normalized spacial score (nSPS) is 13.2. The molecule has 0 bridgehead atoms. The van der Waals surface area contributed by atoms with Gasteiger partial charge in [-0.3, -0.25) is 4.98 Å². The molecule has 0 saturated carbocycles. The monoisotopic (exact) mass is 314 g/mol. The molecule has 0 aliphatic heterocycles. The molecule has 0 radical (unpaired) electrons. The highest BCUT2D eigenvalue weighted by atomic mass is 35.5. The van der Waals surface area contributed by atoms with Crippen molar-refractivity contribution < 1.29 is 13.2 Å². The van der Waals surface area contributed by atoms with E-state index in [-0.39, 0.29) is 6.04 Å². The van der Waals surface area contributed by atoms with Gasteiger partial charge in [-0.25, -0.2) is 0 Å². The van der Waals surface area contributed by atoms with Gasteiger partial charge < -0.3 is 5.73 Å². The van der Waals surface area contributed by atoms with E-state index in [9.17, 15) is 13.2 Å². The first-order valence-corrected chi connectivity index (χ1v) is 6.74. The fraction of sp³-hybridized carbons (Fsp3) is 0.267. The molecule has 112 valence electrons. The molecule has 0 fully saturated rings. The van der Waals surface area contributed by atoms with Gasteiger partial charge in [-0.15, -0.1) is 0 Å². The van der Waals surface area contributed by atoms with E-state index in [1.165, 1.54) is 12.1 Å². The van der Waals surface area contributed by atoms with Crippen LogP contribution in [0.4, 0.5) is 13.2 Å². The van der Waals surface area contributed by atoms with Crippen LogP contribution in [0.1, 0.15) is 16.7 Å². The van der Waals surface area contributed by atoms with Crippen molar-refractivity contribution in [3.63, 3.8) is 0 Å². The van der Waals surface area contributed by atoms with Gasteiger partial charge in [0.25, 0.3) is 0 Å². The lowest BCUT2D eigenvalue weighted by atomic mass is 9.99. The van der Waals surface area contributed by atoms with E-state index in [4.69, 9.17) is 17.3 Å². The van der Waals surface area contributed by atoms with Crippen LogP contribution >= 0.6 is 11.6 Å². The third kappa shape index (κ3) is 4.44. The second-order valence-electron chi connectivity index (χ2n) is 4.83. The fourth-order valence-electron chi connectivity index (χ4n) is 2.06. The summed E-state index contributed by atoms with van der Waals surface area (Å²) in [5.74, 6) is 0. The standard InChI is InChI=1S/C15H14ClF3N2/c16-14-9-21-6-5-11(14)8-13(20)7-10-1-3-12(4-2-10)15(17,18)19/h1-6,9,13H,7-8,20H2. The summed E-state index contributed by atoms with van der Waals surface area (Å²) in [4.78, 5) is 3.89. The molecule has 2 aromatic rings.